The fourth-order valence-electron chi connectivity index (χ4n) is 3.25. The molecular formula is C23H33N5O5S. The highest BCUT2D eigenvalue weighted by molar-refractivity contribution is 7.99. The van der Waals surface area contributed by atoms with Crippen LogP contribution in [0.25, 0.3) is 0 Å². The third-order valence-corrected chi connectivity index (χ3v) is 5.99. The minimum atomic E-state index is -0.253. The van der Waals surface area contributed by atoms with Gasteiger partial charge in [0.2, 0.25) is 12.3 Å². The fraction of sp³-hybridized carbons (Fsp3) is 0.522. The van der Waals surface area contributed by atoms with E-state index in [1.165, 1.54) is 0 Å². The maximum absolute atomic E-state index is 12.1. The number of rotatable bonds is 16. The zero-order valence-electron chi connectivity index (χ0n) is 19.9. The van der Waals surface area contributed by atoms with Crippen molar-refractivity contribution >= 4 is 42.4 Å². The Balaban J connectivity index is 1.74. The van der Waals surface area contributed by atoms with Crippen molar-refractivity contribution in [2.75, 3.05) is 37.1 Å². The van der Waals surface area contributed by atoms with Crippen LogP contribution in [0.3, 0.4) is 0 Å². The molecule has 34 heavy (non-hydrogen) atoms. The molecule has 11 heteroatoms. The van der Waals surface area contributed by atoms with Crippen LogP contribution in [0.15, 0.2) is 34.3 Å². The molecule has 1 aliphatic rings. The van der Waals surface area contributed by atoms with Crippen LogP contribution in [-0.2, 0) is 26.1 Å². The van der Waals surface area contributed by atoms with Gasteiger partial charge >= 0.3 is 0 Å². The molecule has 0 bridgehead atoms. The first-order valence-corrected chi connectivity index (χ1v) is 12.3. The fourth-order valence-corrected chi connectivity index (χ4v) is 3.94. The van der Waals surface area contributed by atoms with E-state index in [4.69, 9.17) is 9.47 Å². The molecule has 1 aromatic heterocycles. The number of thioether (sulfide) groups is 1. The number of nitrogens with zero attached hydrogens (tertiary/aromatic N) is 3. The minimum Gasteiger partial charge on any atom is -0.498 e. The van der Waals surface area contributed by atoms with Gasteiger partial charge in [-0.1, -0.05) is 0 Å². The third kappa shape index (κ3) is 9.14. The average Bonchev–Trinajstić information content (AvgIpc) is 3.18. The van der Waals surface area contributed by atoms with Gasteiger partial charge in [0, 0.05) is 56.9 Å². The van der Waals surface area contributed by atoms with E-state index in [-0.39, 0.29) is 24.3 Å². The standard InChI is InChI=1S/C23H33N5O5S/c1-17-12-19(32-3)20(13-18(17)25-8-11-34-10-5-7-24-16-30)33-9-4-6-23(31)27-21-14-28(2)22(15-29)26-21/h8,12,14-16,20H,4-7,9-11,13H2,1-3H3,(H,24,30)(H,27,31). The summed E-state index contributed by atoms with van der Waals surface area (Å²) in [6.45, 7) is 3.08. The van der Waals surface area contributed by atoms with Gasteiger partial charge in [-0.25, -0.2) is 4.98 Å². The summed E-state index contributed by atoms with van der Waals surface area (Å²) in [5, 5.41) is 5.34. The lowest BCUT2D eigenvalue weighted by Gasteiger charge is -2.25. The van der Waals surface area contributed by atoms with E-state index in [0.29, 0.717) is 44.5 Å². The lowest BCUT2D eigenvalue weighted by Crippen LogP contribution is -2.22. The molecule has 0 saturated heterocycles. The van der Waals surface area contributed by atoms with Crippen molar-refractivity contribution in [3.63, 3.8) is 0 Å². The number of aldehydes is 1. The van der Waals surface area contributed by atoms with Crippen LogP contribution in [0.5, 0.6) is 0 Å². The summed E-state index contributed by atoms with van der Waals surface area (Å²) in [6.07, 6.45) is 8.86. The summed E-state index contributed by atoms with van der Waals surface area (Å²) >= 11 is 1.76. The molecule has 1 heterocycles. The summed E-state index contributed by atoms with van der Waals surface area (Å²) in [5.74, 6) is 2.91. The first kappa shape index (κ1) is 27.3. The van der Waals surface area contributed by atoms with E-state index >= 15 is 0 Å². The van der Waals surface area contributed by atoms with E-state index in [0.717, 1.165) is 35.0 Å². The van der Waals surface area contributed by atoms with Gasteiger partial charge in [0.1, 0.15) is 11.9 Å². The van der Waals surface area contributed by atoms with Crippen LogP contribution in [-0.4, -0.2) is 72.2 Å². The number of anilines is 1. The van der Waals surface area contributed by atoms with Crippen molar-refractivity contribution < 1.29 is 23.9 Å². The highest BCUT2D eigenvalue weighted by Gasteiger charge is 2.23. The molecule has 2 rings (SSSR count). The molecule has 0 saturated carbocycles. The molecule has 1 atom stereocenters. The lowest BCUT2D eigenvalue weighted by molar-refractivity contribution is -0.116. The number of aryl methyl sites for hydroxylation is 1. The Bertz CT molecular complexity index is 925. The zero-order chi connectivity index (χ0) is 24.8. The van der Waals surface area contributed by atoms with E-state index in [1.54, 1.807) is 36.7 Å². The Hall–Kier alpha value is -2.92. The molecule has 0 radical (unpaired) electrons. The number of allylic oxidation sites excluding steroid dienone is 2. The quantitative estimate of drug-likeness (QED) is 0.207. The zero-order valence-corrected chi connectivity index (χ0v) is 20.7. The lowest BCUT2D eigenvalue weighted by atomic mass is 10.0. The van der Waals surface area contributed by atoms with Crippen molar-refractivity contribution in [3.8, 4) is 0 Å². The number of aromatic nitrogens is 2. The highest BCUT2D eigenvalue weighted by Crippen LogP contribution is 2.28. The third-order valence-electron chi connectivity index (χ3n) is 5.03. The summed E-state index contributed by atoms with van der Waals surface area (Å²) in [7, 11) is 3.31. The van der Waals surface area contributed by atoms with Gasteiger partial charge in [0.15, 0.2) is 17.9 Å². The van der Waals surface area contributed by atoms with Crippen LogP contribution in [0, 0.1) is 0 Å². The van der Waals surface area contributed by atoms with Crippen LogP contribution in [0.1, 0.15) is 43.2 Å². The van der Waals surface area contributed by atoms with Crippen molar-refractivity contribution in [2.45, 2.75) is 38.7 Å². The predicted octanol–water partition coefficient (Wildman–Crippen LogP) is 2.48. The Morgan fingerprint density at radius 2 is 2.21 bits per heavy atom. The molecule has 0 aliphatic heterocycles. The van der Waals surface area contributed by atoms with Crippen LogP contribution in [0.2, 0.25) is 0 Å². The smallest absolute Gasteiger partial charge is 0.225 e. The maximum Gasteiger partial charge on any atom is 0.225 e. The van der Waals surface area contributed by atoms with Crippen molar-refractivity contribution in [3.05, 3.63) is 35.1 Å². The van der Waals surface area contributed by atoms with Gasteiger partial charge < -0.3 is 24.7 Å². The SMILES string of the molecule is COC1=CC(C)=C(N=CCSCCCNC=O)CC1OCCCC(=O)Nc1cn(C)c(C=O)n1. The number of carbonyl (C=O) groups is 3. The molecule has 1 aliphatic carbocycles. The summed E-state index contributed by atoms with van der Waals surface area (Å²) in [4.78, 5) is 41.9. The average molecular weight is 492 g/mol. The number of nitrogens with one attached hydrogen (secondary N) is 2. The van der Waals surface area contributed by atoms with Gasteiger partial charge in [-0.3, -0.25) is 19.4 Å². The second-order valence-electron chi connectivity index (χ2n) is 7.62. The highest BCUT2D eigenvalue weighted by atomic mass is 32.2. The first-order chi connectivity index (χ1) is 16.5. The number of aliphatic imine (C=N–C) groups is 1. The van der Waals surface area contributed by atoms with E-state index in [1.807, 2.05) is 19.2 Å². The van der Waals surface area contributed by atoms with Gasteiger partial charge in [0.05, 0.1) is 7.11 Å². The van der Waals surface area contributed by atoms with Crippen molar-refractivity contribution in [2.24, 2.45) is 12.0 Å². The van der Waals surface area contributed by atoms with Gasteiger partial charge in [0.25, 0.3) is 0 Å². The normalized spacial score (nSPS) is 15.9. The Labute approximate surface area is 204 Å². The van der Waals surface area contributed by atoms with E-state index in [9.17, 15) is 14.4 Å². The number of imidazole rings is 1. The Kier molecular flexibility index (Phi) is 12.1. The number of ether oxygens (including phenoxy) is 2. The van der Waals surface area contributed by atoms with Crippen LogP contribution >= 0.6 is 11.8 Å². The molecule has 1 unspecified atom stereocenters. The number of hydrogen-bond donors (Lipinski definition) is 2. The monoisotopic (exact) mass is 491 g/mol. The molecule has 0 aromatic carbocycles. The minimum absolute atomic E-state index is 0.189. The van der Waals surface area contributed by atoms with Gasteiger partial charge in [-0.05, 0) is 37.2 Å². The molecule has 2 N–H and O–H groups in total. The van der Waals surface area contributed by atoms with Crippen LogP contribution < -0.4 is 10.6 Å². The van der Waals surface area contributed by atoms with E-state index in [2.05, 4.69) is 20.6 Å². The molecule has 186 valence electrons. The summed E-state index contributed by atoms with van der Waals surface area (Å²) < 4.78 is 13.0. The predicted molar refractivity (Wildman–Crippen MR) is 133 cm³/mol. The number of hydrogen-bond acceptors (Lipinski definition) is 8. The van der Waals surface area contributed by atoms with Crippen LogP contribution in [0.4, 0.5) is 5.82 Å². The number of amides is 2. The Morgan fingerprint density at radius 1 is 1.38 bits per heavy atom. The van der Waals surface area contributed by atoms with Gasteiger partial charge in [-0.15, -0.1) is 0 Å². The summed E-state index contributed by atoms with van der Waals surface area (Å²) in [6, 6.07) is 0. The summed E-state index contributed by atoms with van der Waals surface area (Å²) in [5.41, 5.74) is 1.99. The maximum atomic E-state index is 12.1. The van der Waals surface area contributed by atoms with Crippen molar-refractivity contribution in [1.82, 2.24) is 14.9 Å². The second kappa shape index (κ2) is 15.1. The Morgan fingerprint density at radius 3 is 2.91 bits per heavy atom. The molecular weight excluding hydrogens is 458 g/mol. The molecule has 10 nitrogen and oxygen atoms in total. The number of carbonyl (C=O) groups excluding carboxylic acids is 3. The topological polar surface area (TPSA) is 124 Å². The molecule has 0 spiro atoms. The molecule has 1 aromatic rings. The largest absolute Gasteiger partial charge is 0.498 e. The van der Waals surface area contributed by atoms with Gasteiger partial charge in [-0.2, -0.15) is 11.8 Å². The molecule has 2 amide bonds. The second-order valence-corrected chi connectivity index (χ2v) is 8.77. The van der Waals surface area contributed by atoms with E-state index < -0.39 is 0 Å². The van der Waals surface area contributed by atoms with Crippen molar-refractivity contribution in [1.29, 1.82) is 0 Å². The number of methoxy groups -OCH3 is 1. The molecule has 0 fully saturated rings. The first-order valence-electron chi connectivity index (χ1n) is 11.1.